The lowest BCUT2D eigenvalue weighted by Crippen LogP contribution is -2.38. The van der Waals surface area contributed by atoms with E-state index in [9.17, 15) is 9.59 Å². The summed E-state index contributed by atoms with van der Waals surface area (Å²) in [6, 6.07) is 16.6. The number of hydrogen-bond acceptors (Lipinski definition) is 3. The Hall–Kier alpha value is -2.95. The first-order valence-corrected chi connectivity index (χ1v) is 12.0. The van der Waals surface area contributed by atoms with Crippen molar-refractivity contribution in [3.8, 4) is 5.69 Å². The summed E-state index contributed by atoms with van der Waals surface area (Å²) in [5.74, 6) is 0.989. The lowest BCUT2D eigenvalue weighted by atomic mass is 9.84. The molecule has 5 nitrogen and oxygen atoms in total. The molecule has 0 saturated heterocycles. The van der Waals surface area contributed by atoms with E-state index >= 15 is 0 Å². The van der Waals surface area contributed by atoms with Crippen LogP contribution in [0.4, 0.5) is 0 Å². The second-order valence-electron chi connectivity index (χ2n) is 10.3. The van der Waals surface area contributed by atoms with Crippen LogP contribution in [0, 0.1) is 11.3 Å². The van der Waals surface area contributed by atoms with E-state index < -0.39 is 0 Å². The first kappa shape index (κ1) is 24.7. The number of nitrogens with zero attached hydrogens (tertiary/aromatic N) is 3. The normalized spacial score (nSPS) is 13.6. The first-order valence-electron chi connectivity index (χ1n) is 12.0. The molecular weight excluding hydrogens is 410 g/mol. The summed E-state index contributed by atoms with van der Waals surface area (Å²) in [5.41, 5.74) is 1.47. The summed E-state index contributed by atoms with van der Waals surface area (Å²) < 4.78 is 1.67. The minimum absolute atomic E-state index is 0.112. The molecule has 0 N–H and O–H groups in total. The van der Waals surface area contributed by atoms with Crippen LogP contribution >= 0.6 is 0 Å². The Balaban J connectivity index is 2.07. The molecule has 1 amide bonds. The molecule has 5 heteroatoms. The number of rotatable bonds is 8. The third kappa shape index (κ3) is 5.89. The fraction of sp³-hybridized carbons (Fsp3) is 0.464. The number of amides is 1. The number of carbonyl (C=O) groups is 1. The zero-order chi connectivity index (χ0) is 24.2. The van der Waals surface area contributed by atoms with Gasteiger partial charge >= 0.3 is 0 Å². The molecule has 176 valence electrons. The van der Waals surface area contributed by atoms with E-state index in [0.29, 0.717) is 29.7 Å². The summed E-state index contributed by atoms with van der Waals surface area (Å²) >= 11 is 0. The highest BCUT2D eigenvalue weighted by Gasteiger charge is 2.28. The molecule has 0 radical (unpaired) electrons. The highest BCUT2D eigenvalue weighted by Crippen LogP contribution is 2.29. The number of hydrogen-bond donors (Lipinski definition) is 0. The van der Waals surface area contributed by atoms with Crippen molar-refractivity contribution >= 4 is 16.8 Å². The molecule has 0 aliphatic carbocycles. The van der Waals surface area contributed by atoms with Gasteiger partial charge in [0, 0.05) is 13.0 Å². The monoisotopic (exact) mass is 447 g/mol. The van der Waals surface area contributed by atoms with Gasteiger partial charge in [0.2, 0.25) is 5.91 Å². The van der Waals surface area contributed by atoms with Crippen molar-refractivity contribution in [2.24, 2.45) is 11.3 Å². The molecule has 1 heterocycles. The van der Waals surface area contributed by atoms with E-state index in [1.54, 1.807) is 4.57 Å². The molecule has 2 aromatic carbocycles. The molecule has 3 rings (SSSR count). The number of para-hydroxylation sites is 2. The van der Waals surface area contributed by atoms with Crippen molar-refractivity contribution in [1.82, 2.24) is 14.5 Å². The predicted molar refractivity (Wildman–Crippen MR) is 136 cm³/mol. The number of aromatic nitrogens is 2. The Labute approximate surface area is 197 Å². The maximum Gasteiger partial charge on any atom is 0.266 e. The lowest BCUT2D eigenvalue weighted by molar-refractivity contribution is -0.134. The van der Waals surface area contributed by atoms with Crippen molar-refractivity contribution in [1.29, 1.82) is 0 Å². The van der Waals surface area contributed by atoms with Gasteiger partial charge in [0.25, 0.3) is 5.56 Å². The third-order valence-corrected chi connectivity index (χ3v) is 5.93. The van der Waals surface area contributed by atoms with Crippen LogP contribution in [0.2, 0.25) is 0 Å². The number of benzene rings is 2. The summed E-state index contributed by atoms with van der Waals surface area (Å²) in [4.78, 5) is 33.8. The molecule has 0 fully saturated rings. The van der Waals surface area contributed by atoms with Crippen molar-refractivity contribution in [3.05, 3.63) is 70.8 Å². The van der Waals surface area contributed by atoms with Crippen LogP contribution in [-0.4, -0.2) is 26.9 Å². The van der Waals surface area contributed by atoms with Gasteiger partial charge in [-0.2, -0.15) is 0 Å². The van der Waals surface area contributed by atoms with E-state index in [1.807, 2.05) is 66.4 Å². The van der Waals surface area contributed by atoms with Crippen molar-refractivity contribution in [2.45, 2.75) is 66.8 Å². The third-order valence-electron chi connectivity index (χ3n) is 5.93. The van der Waals surface area contributed by atoms with E-state index in [4.69, 9.17) is 4.98 Å². The molecule has 0 spiro atoms. The van der Waals surface area contributed by atoms with Gasteiger partial charge in [-0.3, -0.25) is 14.2 Å². The van der Waals surface area contributed by atoms with E-state index in [-0.39, 0.29) is 28.8 Å². The molecule has 0 aliphatic heterocycles. The summed E-state index contributed by atoms with van der Waals surface area (Å²) in [5, 5.41) is 0.574. The Bertz CT molecular complexity index is 1150. The van der Waals surface area contributed by atoms with Crippen molar-refractivity contribution in [2.75, 3.05) is 6.54 Å². The summed E-state index contributed by atoms with van der Waals surface area (Å²) in [6.07, 6.45) is 2.31. The Morgan fingerprint density at radius 3 is 2.30 bits per heavy atom. The van der Waals surface area contributed by atoms with Crippen molar-refractivity contribution in [3.63, 3.8) is 0 Å². The first-order chi connectivity index (χ1) is 15.6. The van der Waals surface area contributed by atoms with Crippen LogP contribution in [0.15, 0.2) is 59.4 Å². The molecular formula is C28H37N3O2. The smallest absolute Gasteiger partial charge is 0.266 e. The van der Waals surface area contributed by atoms with E-state index in [0.717, 1.165) is 18.5 Å². The average molecular weight is 448 g/mol. The highest BCUT2D eigenvalue weighted by atomic mass is 16.2. The molecule has 1 aromatic heterocycles. The molecule has 0 saturated carbocycles. The predicted octanol–water partition coefficient (Wildman–Crippen LogP) is 6.15. The quantitative estimate of drug-likeness (QED) is 0.416. The van der Waals surface area contributed by atoms with Gasteiger partial charge in [-0.15, -0.1) is 0 Å². The minimum Gasteiger partial charge on any atom is -0.333 e. The fourth-order valence-electron chi connectivity index (χ4n) is 4.70. The fourth-order valence-corrected chi connectivity index (χ4v) is 4.70. The maximum atomic E-state index is 13.6. The van der Waals surface area contributed by atoms with Crippen molar-refractivity contribution < 1.29 is 4.79 Å². The standard InChI is InChI=1S/C28H37N3O2/c1-7-17-30(25(32)18-20(2)19-28(4,5)6)21(3)26-29-24-16-12-11-15-23(24)27(33)31(26)22-13-9-8-10-14-22/h8-16,20-21H,7,17-19H2,1-6H3. The summed E-state index contributed by atoms with van der Waals surface area (Å²) in [6.45, 7) is 13.4. The van der Waals surface area contributed by atoms with Gasteiger partial charge in [-0.05, 0) is 55.4 Å². The lowest BCUT2D eigenvalue weighted by Gasteiger charge is -2.32. The van der Waals surface area contributed by atoms with Gasteiger partial charge in [-0.25, -0.2) is 4.98 Å². The van der Waals surface area contributed by atoms with Crippen LogP contribution in [0.3, 0.4) is 0 Å². The second-order valence-corrected chi connectivity index (χ2v) is 10.3. The molecule has 0 aliphatic rings. The van der Waals surface area contributed by atoms with E-state index in [2.05, 4.69) is 34.6 Å². The zero-order valence-electron chi connectivity index (χ0n) is 20.8. The number of fused-ring (bicyclic) bond motifs is 1. The van der Waals surface area contributed by atoms with Crippen LogP contribution < -0.4 is 5.56 Å². The highest BCUT2D eigenvalue weighted by molar-refractivity contribution is 5.79. The van der Waals surface area contributed by atoms with Gasteiger partial charge < -0.3 is 4.90 Å². The van der Waals surface area contributed by atoms with Crippen LogP contribution in [0.1, 0.15) is 72.7 Å². The average Bonchev–Trinajstić information content (AvgIpc) is 2.76. The van der Waals surface area contributed by atoms with Crippen LogP contribution in [0.25, 0.3) is 16.6 Å². The topological polar surface area (TPSA) is 55.2 Å². The van der Waals surface area contributed by atoms with Crippen LogP contribution in [0.5, 0.6) is 0 Å². The van der Waals surface area contributed by atoms with Gasteiger partial charge in [-0.1, -0.05) is 65.0 Å². The van der Waals surface area contributed by atoms with Gasteiger partial charge in [0.1, 0.15) is 5.82 Å². The Morgan fingerprint density at radius 1 is 1.03 bits per heavy atom. The number of carbonyl (C=O) groups excluding carboxylic acids is 1. The molecule has 3 aromatic rings. The zero-order valence-corrected chi connectivity index (χ0v) is 20.8. The molecule has 0 bridgehead atoms. The molecule has 33 heavy (non-hydrogen) atoms. The largest absolute Gasteiger partial charge is 0.333 e. The molecule has 2 atom stereocenters. The maximum absolute atomic E-state index is 13.6. The SMILES string of the molecule is CCCN(C(=O)CC(C)CC(C)(C)C)C(C)c1nc2ccccc2c(=O)n1-c1ccccc1. The van der Waals surface area contributed by atoms with Gasteiger partial charge in [0.05, 0.1) is 22.6 Å². The van der Waals surface area contributed by atoms with Crippen LogP contribution in [-0.2, 0) is 4.79 Å². The Kier molecular flexibility index (Phi) is 7.72. The molecule has 2 unspecified atom stereocenters. The van der Waals surface area contributed by atoms with Gasteiger partial charge in [0.15, 0.2) is 0 Å². The Morgan fingerprint density at radius 2 is 1.67 bits per heavy atom. The van der Waals surface area contributed by atoms with E-state index in [1.165, 1.54) is 0 Å². The minimum atomic E-state index is -0.336. The summed E-state index contributed by atoms with van der Waals surface area (Å²) in [7, 11) is 0. The second kappa shape index (κ2) is 10.3.